The summed E-state index contributed by atoms with van der Waals surface area (Å²) in [6.45, 7) is 14.3. The van der Waals surface area contributed by atoms with Gasteiger partial charge in [0.25, 0.3) is 0 Å². The van der Waals surface area contributed by atoms with E-state index in [-0.39, 0.29) is 0 Å². The number of nitrogens with zero attached hydrogens (tertiary/aromatic N) is 1. The van der Waals surface area contributed by atoms with Gasteiger partial charge in [0.15, 0.2) is 0 Å². The second-order valence-corrected chi connectivity index (χ2v) is 8.55. The fraction of sp³-hybridized carbons (Fsp3) is 1.00. The summed E-state index contributed by atoms with van der Waals surface area (Å²) in [5.74, 6) is 1.02. The molecule has 2 aliphatic rings. The zero-order chi connectivity index (χ0) is 15.5. The fourth-order valence-corrected chi connectivity index (χ4v) is 4.40. The highest BCUT2D eigenvalue weighted by Gasteiger charge is 2.37. The van der Waals surface area contributed by atoms with Crippen LogP contribution in [0.2, 0.25) is 0 Å². The minimum Gasteiger partial charge on any atom is -0.311 e. The predicted octanol–water partition coefficient (Wildman–Crippen LogP) is 4.44. The summed E-state index contributed by atoms with van der Waals surface area (Å²) in [7, 11) is 0. The molecule has 0 spiro atoms. The maximum Gasteiger partial charge on any atom is 0.0244 e. The molecule has 1 saturated heterocycles. The van der Waals surface area contributed by atoms with Crippen LogP contribution in [0.15, 0.2) is 0 Å². The van der Waals surface area contributed by atoms with E-state index in [4.69, 9.17) is 0 Å². The molecule has 2 rings (SSSR count). The number of hydrogen-bond acceptors (Lipinski definition) is 2. The van der Waals surface area contributed by atoms with Crippen LogP contribution in [-0.2, 0) is 0 Å². The first-order valence-electron chi connectivity index (χ1n) is 9.44. The molecule has 0 bridgehead atoms. The highest BCUT2D eigenvalue weighted by molar-refractivity contribution is 4.95. The van der Waals surface area contributed by atoms with Crippen LogP contribution in [0.5, 0.6) is 0 Å². The van der Waals surface area contributed by atoms with Gasteiger partial charge >= 0.3 is 0 Å². The van der Waals surface area contributed by atoms with Crippen LogP contribution in [0.1, 0.15) is 79.6 Å². The van der Waals surface area contributed by atoms with Crippen LogP contribution < -0.4 is 5.32 Å². The lowest BCUT2D eigenvalue weighted by Gasteiger charge is -2.49. The van der Waals surface area contributed by atoms with Gasteiger partial charge in [-0.2, -0.15) is 0 Å². The van der Waals surface area contributed by atoms with E-state index in [0.29, 0.717) is 11.5 Å². The standard InChI is InChI=1S/C19H38N2/c1-6-8-15-9-11-17(12-10-15)21-14-18(19(3,4)5)20-13-16(21)7-2/h15-18,20H,6-14H2,1-5H3. The molecule has 2 unspecified atom stereocenters. The molecule has 0 aromatic rings. The van der Waals surface area contributed by atoms with Crippen molar-refractivity contribution in [3.63, 3.8) is 0 Å². The Morgan fingerprint density at radius 3 is 2.24 bits per heavy atom. The molecule has 21 heavy (non-hydrogen) atoms. The van der Waals surface area contributed by atoms with Gasteiger partial charge < -0.3 is 5.32 Å². The third-order valence-corrected chi connectivity index (χ3v) is 5.96. The predicted molar refractivity (Wildman–Crippen MR) is 92.7 cm³/mol. The maximum absolute atomic E-state index is 3.82. The van der Waals surface area contributed by atoms with E-state index in [0.717, 1.165) is 18.0 Å². The Labute approximate surface area is 133 Å². The van der Waals surface area contributed by atoms with Crippen molar-refractivity contribution in [2.24, 2.45) is 11.3 Å². The molecule has 2 nitrogen and oxygen atoms in total. The van der Waals surface area contributed by atoms with Gasteiger partial charge in [0.05, 0.1) is 0 Å². The number of piperazine rings is 1. The highest BCUT2D eigenvalue weighted by Crippen LogP contribution is 2.34. The fourth-order valence-electron chi connectivity index (χ4n) is 4.40. The molecular formula is C19H38N2. The van der Waals surface area contributed by atoms with Crippen LogP contribution >= 0.6 is 0 Å². The summed E-state index contributed by atoms with van der Waals surface area (Å²) in [5, 5.41) is 3.82. The van der Waals surface area contributed by atoms with E-state index in [1.807, 2.05) is 0 Å². The van der Waals surface area contributed by atoms with Crippen molar-refractivity contribution < 1.29 is 0 Å². The largest absolute Gasteiger partial charge is 0.311 e. The molecule has 1 aliphatic heterocycles. The Morgan fingerprint density at radius 1 is 1.05 bits per heavy atom. The Bertz CT molecular complexity index is 299. The van der Waals surface area contributed by atoms with E-state index in [9.17, 15) is 0 Å². The third kappa shape index (κ3) is 4.45. The lowest BCUT2D eigenvalue weighted by Crippen LogP contribution is -2.62. The first-order chi connectivity index (χ1) is 9.95. The maximum atomic E-state index is 3.82. The molecule has 1 heterocycles. The summed E-state index contributed by atoms with van der Waals surface area (Å²) in [4.78, 5) is 2.88. The first-order valence-corrected chi connectivity index (χ1v) is 9.44. The molecule has 1 saturated carbocycles. The molecule has 1 N–H and O–H groups in total. The van der Waals surface area contributed by atoms with Crippen molar-refractivity contribution in [3.05, 3.63) is 0 Å². The lowest BCUT2D eigenvalue weighted by atomic mass is 9.80. The summed E-state index contributed by atoms with van der Waals surface area (Å²) in [6.07, 6.45) is 9.94. The smallest absolute Gasteiger partial charge is 0.0244 e. The average molecular weight is 295 g/mol. The molecule has 2 fully saturated rings. The molecule has 1 aliphatic carbocycles. The van der Waals surface area contributed by atoms with E-state index in [1.54, 1.807) is 0 Å². The molecule has 0 aromatic heterocycles. The summed E-state index contributed by atoms with van der Waals surface area (Å²) >= 11 is 0. The van der Waals surface area contributed by atoms with E-state index < -0.39 is 0 Å². The van der Waals surface area contributed by atoms with Crippen LogP contribution in [0.4, 0.5) is 0 Å². The van der Waals surface area contributed by atoms with E-state index in [1.165, 1.54) is 58.0 Å². The highest BCUT2D eigenvalue weighted by atomic mass is 15.3. The van der Waals surface area contributed by atoms with Crippen molar-refractivity contribution in [3.8, 4) is 0 Å². The first kappa shape index (κ1) is 17.3. The molecule has 2 heteroatoms. The Balaban J connectivity index is 1.95. The summed E-state index contributed by atoms with van der Waals surface area (Å²) < 4.78 is 0. The monoisotopic (exact) mass is 294 g/mol. The van der Waals surface area contributed by atoms with Crippen LogP contribution in [0.3, 0.4) is 0 Å². The van der Waals surface area contributed by atoms with Crippen LogP contribution in [-0.4, -0.2) is 36.1 Å². The zero-order valence-corrected chi connectivity index (χ0v) is 15.1. The Hall–Kier alpha value is -0.0800. The molecular weight excluding hydrogens is 256 g/mol. The second kappa shape index (κ2) is 7.46. The quantitative estimate of drug-likeness (QED) is 0.824. The minimum absolute atomic E-state index is 0.371. The normalized spacial score (nSPS) is 35.9. The minimum atomic E-state index is 0.371. The van der Waals surface area contributed by atoms with Crippen molar-refractivity contribution in [2.75, 3.05) is 13.1 Å². The van der Waals surface area contributed by atoms with Crippen LogP contribution in [0.25, 0.3) is 0 Å². The van der Waals surface area contributed by atoms with Gasteiger partial charge in [-0.05, 0) is 43.4 Å². The molecule has 2 atom stereocenters. The van der Waals surface area contributed by atoms with Gasteiger partial charge in [0.2, 0.25) is 0 Å². The van der Waals surface area contributed by atoms with Crippen molar-refractivity contribution in [1.82, 2.24) is 10.2 Å². The van der Waals surface area contributed by atoms with Crippen LogP contribution in [0, 0.1) is 11.3 Å². The Kier molecular flexibility index (Phi) is 6.14. The van der Waals surface area contributed by atoms with Crippen molar-refractivity contribution >= 4 is 0 Å². The topological polar surface area (TPSA) is 15.3 Å². The van der Waals surface area contributed by atoms with Crippen molar-refractivity contribution in [1.29, 1.82) is 0 Å². The van der Waals surface area contributed by atoms with E-state index >= 15 is 0 Å². The van der Waals surface area contributed by atoms with Gasteiger partial charge in [-0.15, -0.1) is 0 Å². The number of rotatable bonds is 4. The zero-order valence-electron chi connectivity index (χ0n) is 15.1. The molecule has 0 amide bonds. The molecule has 124 valence electrons. The van der Waals surface area contributed by atoms with E-state index in [2.05, 4.69) is 44.8 Å². The third-order valence-electron chi connectivity index (χ3n) is 5.96. The van der Waals surface area contributed by atoms with Crippen molar-refractivity contribution in [2.45, 2.75) is 97.7 Å². The Morgan fingerprint density at radius 2 is 1.71 bits per heavy atom. The van der Waals surface area contributed by atoms with Gasteiger partial charge in [-0.3, -0.25) is 4.90 Å². The SMILES string of the molecule is CCCC1CCC(N2CC(C(C)(C)C)NCC2CC)CC1. The van der Waals surface area contributed by atoms with Gasteiger partial charge in [-0.25, -0.2) is 0 Å². The molecule has 0 aromatic carbocycles. The summed E-state index contributed by atoms with van der Waals surface area (Å²) in [6, 6.07) is 2.26. The van der Waals surface area contributed by atoms with Gasteiger partial charge in [0, 0.05) is 31.2 Å². The van der Waals surface area contributed by atoms with Gasteiger partial charge in [0.1, 0.15) is 0 Å². The second-order valence-electron chi connectivity index (χ2n) is 8.55. The molecule has 0 radical (unpaired) electrons. The number of hydrogen-bond donors (Lipinski definition) is 1. The van der Waals surface area contributed by atoms with Gasteiger partial charge in [-0.1, -0.05) is 47.5 Å². The summed E-state index contributed by atoms with van der Waals surface area (Å²) in [5.41, 5.74) is 0.371. The average Bonchev–Trinajstić information content (AvgIpc) is 2.47. The lowest BCUT2D eigenvalue weighted by molar-refractivity contribution is 0.0267. The number of nitrogens with one attached hydrogen (secondary N) is 1.